The van der Waals surface area contributed by atoms with Gasteiger partial charge in [0.1, 0.15) is 6.29 Å². The number of nitrogens with one attached hydrogen (secondary N) is 1. The van der Waals surface area contributed by atoms with Crippen LogP contribution in [0.25, 0.3) is 0 Å². The Morgan fingerprint density at radius 3 is 2.42 bits per heavy atom. The normalized spacial score (nSPS) is 11.7. The van der Waals surface area contributed by atoms with E-state index in [-0.39, 0.29) is 34.9 Å². The third kappa shape index (κ3) is 6.36. The average molecular weight is 336 g/mol. The summed E-state index contributed by atoms with van der Waals surface area (Å²) in [6.45, 7) is 9.73. The minimum absolute atomic E-state index is 0.0427. The molecule has 1 aromatic rings. The molecule has 1 aromatic carbocycles. The predicted molar refractivity (Wildman–Crippen MR) is 90.3 cm³/mol. The van der Waals surface area contributed by atoms with Crippen LogP contribution in [0, 0.1) is 15.5 Å². The maximum atomic E-state index is 12.1. The second kappa shape index (κ2) is 7.42. The topological polar surface area (TPSA) is 98.5 Å². The van der Waals surface area contributed by atoms with Gasteiger partial charge >= 0.3 is 5.69 Å². The van der Waals surface area contributed by atoms with Crippen LogP contribution in [-0.2, 0) is 4.79 Å². The number of nitrogens with zero attached hydrogens (tertiary/aromatic N) is 1. The van der Waals surface area contributed by atoms with Gasteiger partial charge in [0.05, 0.1) is 4.92 Å². The number of aldehydes is 1. The number of ether oxygens (including phenoxy) is 1. The molecule has 0 saturated heterocycles. The summed E-state index contributed by atoms with van der Waals surface area (Å²) < 4.78 is 5.27. The van der Waals surface area contributed by atoms with Crippen molar-refractivity contribution in [3.63, 3.8) is 0 Å². The number of nitro benzene ring substituents is 1. The minimum atomic E-state index is -0.649. The molecule has 1 N–H and O–H groups in total. The summed E-state index contributed by atoms with van der Waals surface area (Å²) in [5.74, 6) is -0.410. The van der Waals surface area contributed by atoms with Crippen LogP contribution in [0.1, 0.15) is 51.4 Å². The van der Waals surface area contributed by atoms with Crippen molar-refractivity contribution in [2.75, 3.05) is 6.61 Å². The molecule has 0 radical (unpaired) electrons. The number of benzene rings is 1. The van der Waals surface area contributed by atoms with Gasteiger partial charge in [-0.1, -0.05) is 20.8 Å². The fraction of sp³-hybridized carbons (Fsp3) is 0.529. The third-order valence-corrected chi connectivity index (χ3v) is 3.12. The van der Waals surface area contributed by atoms with E-state index in [4.69, 9.17) is 4.74 Å². The maximum Gasteiger partial charge on any atom is 0.311 e. The van der Waals surface area contributed by atoms with E-state index < -0.39 is 10.5 Å². The fourth-order valence-electron chi connectivity index (χ4n) is 2.80. The number of hydrogen-bond acceptors (Lipinski definition) is 5. The van der Waals surface area contributed by atoms with Crippen molar-refractivity contribution in [2.45, 2.75) is 46.6 Å². The van der Waals surface area contributed by atoms with E-state index in [0.29, 0.717) is 6.29 Å². The molecule has 0 atom stereocenters. The molecule has 24 heavy (non-hydrogen) atoms. The van der Waals surface area contributed by atoms with Gasteiger partial charge in [-0.3, -0.25) is 19.7 Å². The van der Waals surface area contributed by atoms with Crippen molar-refractivity contribution in [3.8, 4) is 5.75 Å². The van der Waals surface area contributed by atoms with Gasteiger partial charge in [-0.15, -0.1) is 0 Å². The van der Waals surface area contributed by atoms with Crippen molar-refractivity contribution >= 4 is 17.9 Å². The third-order valence-electron chi connectivity index (χ3n) is 3.12. The predicted octanol–water partition coefficient (Wildman–Crippen LogP) is 3.12. The fourth-order valence-corrected chi connectivity index (χ4v) is 2.80. The summed E-state index contributed by atoms with van der Waals surface area (Å²) >= 11 is 0. The summed E-state index contributed by atoms with van der Waals surface area (Å²) in [7, 11) is 0. The quantitative estimate of drug-likeness (QED) is 0.468. The van der Waals surface area contributed by atoms with Crippen molar-refractivity contribution in [2.24, 2.45) is 5.41 Å². The standard InChI is InChI=1S/C17H24N2O5/c1-16(2,3)11-17(4,5)18-15(21)10-24-14-7-6-12(9-20)8-13(14)19(22)23/h6-9H,10-11H2,1-5H3,(H,18,21). The molecule has 0 aliphatic heterocycles. The van der Waals surface area contributed by atoms with Crippen LogP contribution in [0.5, 0.6) is 5.75 Å². The Labute approximate surface area is 141 Å². The lowest BCUT2D eigenvalue weighted by atomic mass is 9.82. The van der Waals surface area contributed by atoms with Gasteiger partial charge < -0.3 is 10.1 Å². The van der Waals surface area contributed by atoms with E-state index in [2.05, 4.69) is 26.1 Å². The lowest BCUT2D eigenvalue weighted by Crippen LogP contribution is -2.47. The molecule has 0 aliphatic rings. The molecule has 0 aromatic heterocycles. The van der Waals surface area contributed by atoms with Gasteiger partial charge in [-0.05, 0) is 37.8 Å². The summed E-state index contributed by atoms with van der Waals surface area (Å²) in [5.41, 5.74) is -0.557. The molecule has 0 saturated carbocycles. The lowest BCUT2D eigenvalue weighted by molar-refractivity contribution is -0.385. The first-order valence-corrected chi connectivity index (χ1v) is 7.61. The molecule has 1 rings (SSSR count). The summed E-state index contributed by atoms with van der Waals surface area (Å²) in [5, 5.41) is 13.9. The molecule has 0 aliphatic carbocycles. The van der Waals surface area contributed by atoms with E-state index in [1.165, 1.54) is 12.1 Å². The second-order valence-corrected chi connectivity index (χ2v) is 7.56. The monoisotopic (exact) mass is 336 g/mol. The van der Waals surface area contributed by atoms with E-state index >= 15 is 0 Å². The highest BCUT2D eigenvalue weighted by Gasteiger charge is 2.27. The van der Waals surface area contributed by atoms with E-state index in [1.54, 1.807) is 0 Å². The van der Waals surface area contributed by atoms with Gasteiger partial charge in [0.15, 0.2) is 12.4 Å². The van der Waals surface area contributed by atoms with Gasteiger partial charge in [-0.25, -0.2) is 0 Å². The van der Waals surface area contributed by atoms with Crippen molar-refractivity contribution in [1.29, 1.82) is 0 Å². The number of rotatable bonds is 7. The Kier molecular flexibility index (Phi) is 6.06. The van der Waals surface area contributed by atoms with Crippen LogP contribution in [-0.4, -0.2) is 29.3 Å². The molecule has 0 unspecified atom stereocenters. The number of hydrogen-bond donors (Lipinski definition) is 1. The molecule has 7 heteroatoms. The Morgan fingerprint density at radius 1 is 1.29 bits per heavy atom. The SMILES string of the molecule is CC(C)(C)CC(C)(C)NC(=O)COc1ccc(C=O)cc1[N+](=O)[O-]. The first-order chi connectivity index (χ1) is 10.9. The molecule has 0 spiro atoms. The Morgan fingerprint density at radius 2 is 1.92 bits per heavy atom. The minimum Gasteiger partial charge on any atom is -0.477 e. The zero-order valence-corrected chi connectivity index (χ0v) is 14.7. The molecule has 132 valence electrons. The molecule has 0 bridgehead atoms. The van der Waals surface area contributed by atoms with E-state index in [0.717, 1.165) is 12.5 Å². The number of carbonyl (C=O) groups is 2. The number of nitro groups is 1. The molecule has 0 heterocycles. The van der Waals surface area contributed by atoms with Gasteiger partial charge in [-0.2, -0.15) is 0 Å². The van der Waals surface area contributed by atoms with Crippen molar-refractivity contribution < 1.29 is 19.2 Å². The zero-order chi connectivity index (χ0) is 18.5. The molecular weight excluding hydrogens is 312 g/mol. The van der Waals surface area contributed by atoms with Gasteiger partial charge in [0, 0.05) is 17.2 Å². The smallest absolute Gasteiger partial charge is 0.311 e. The highest BCUT2D eigenvalue weighted by atomic mass is 16.6. The van der Waals surface area contributed by atoms with Gasteiger partial charge in [0.25, 0.3) is 5.91 Å². The number of amides is 1. The second-order valence-electron chi connectivity index (χ2n) is 7.56. The first kappa shape index (κ1) is 19.6. The molecular formula is C17H24N2O5. The Hall–Kier alpha value is -2.44. The van der Waals surface area contributed by atoms with Crippen LogP contribution >= 0.6 is 0 Å². The van der Waals surface area contributed by atoms with Crippen LogP contribution < -0.4 is 10.1 Å². The van der Waals surface area contributed by atoms with Crippen LogP contribution in [0.15, 0.2) is 18.2 Å². The van der Waals surface area contributed by atoms with E-state index in [9.17, 15) is 19.7 Å². The largest absolute Gasteiger partial charge is 0.477 e. The van der Waals surface area contributed by atoms with Crippen molar-refractivity contribution in [1.82, 2.24) is 5.32 Å². The zero-order valence-electron chi connectivity index (χ0n) is 14.7. The van der Waals surface area contributed by atoms with Crippen LogP contribution in [0.4, 0.5) is 5.69 Å². The van der Waals surface area contributed by atoms with Crippen molar-refractivity contribution in [3.05, 3.63) is 33.9 Å². The van der Waals surface area contributed by atoms with Crippen LogP contribution in [0.2, 0.25) is 0 Å². The summed E-state index contributed by atoms with van der Waals surface area (Å²) in [4.78, 5) is 33.1. The van der Waals surface area contributed by atoms with Crippen LogP contribution in [0.3, 0.4) is 0 Å². The highest BCUT2D eigenvalue weighted by molar-refractivity contribution is 5.79. The average Bonchev–Trinajstić information content (AvgIpc) is 2.41. The number of carbonyl (C=O) groups excluding carboxylic acids is 2. The highest BCUT2D eigenvalue weighted by Crippen LogP contribution is 2.28. The molecule has 7 nitrogen and oxygen atoms in total. The molecule has 0 fully saturated rings. The lowest BCUT2D eigenvalue weighted by Gasteiger charge is -2.33. The maximum absolute atomic E-state index is 12.1. The van der Waals surface area contributed by atoms with E-state index in [1.807, 2.05) is 13.8 Å². The van der Waals surface area contributed by atoms with Gasteiger partial charge in [0.2, 0.25) is 0 Å². The summed E-state index contributed by atoms with van der Waals surface area (Å²) in [6, 6.07) is 3.83. The first-order valence-electron chi connectivity index (χ1n) is 7.61. The summed E-state index contributed by atoms with van der Waals surface area (Å²) in [6.07, 6.45) is 1.28. The Bertz CT molecular complexity index is 632. The molecule has 1 amide bonds. The Balaban J connectivity index is 2.74.